The van der Waals surface area contributed by atoms with E-state index >= 15 is 0 Å². The fourth-order valence-electron chi connectivity index (χ4n) is 2.62. The van der Waals surface area contributed by atoms with Crippen LogP contribution in [0, 0.1) is 5.82 Å². The third-order valence-electron chi connectivity index (χ3n) is 3.43. The smallest absolute Gasteiger partial charge is 0.146 e. The maximum absolute atomic E-state index is 13.7. The molecule has 1 fully saturated rings. The number of para-hydroxylation sites is 1. The van der Waals surface area contributed by atoms with Gasteiger partial charge in [-0.05, 0) is 38.3 Å². The Bertz CT molecular complexity index is 354. The molecule has 0 radical (unpaired) electrons. The number of nitrogens with zero attached hydrogens (tertiary/aromatic N) is 1. The molecule has 88 valence electrons. The number of halogens is 1. The van der Waals surface area contributed by atoms with E-state index in [4.69, 9.17) is 5.73 Å². The van der Waals surface area contributed by atoms with Gasteiger partial charge in [0.15, 0.2) is 0 Å². The molecule has 0 bridgehead atoms. The Hall–Kier alpha value is -1.09. The van der Waals surface area contributed by atoms with Gasteiger partial charge in [0.2, 0.25) is 0 Å². The average molecular weight is 222 g/mol. The molecule has 2 nitrogen and oxygen atoms in total. The van der Waals surface area contributed by atoms with Gasteiger partial charge in [0, 0.05) is 18.6 Å². The second kappa shape index (κ2) is 4.83. The van der Waals surface area contributed by atoms with E-state index in [2.05, 4.69) is 11.8 Å². The second-order valence-electron chi connectivity index (χ2n) is 4.40. The third kappa shape index (κ3) is 2.05. The van der Waals surface area contributed by atoms with Crippen molar-refractivity contribution >= 4 is 5.69 Å². The zero-order chi connectivity index (χ0) is 11.5. The van der Waals surface area contributed by atoms with E-state index in [1.54, 1.807) is 6.07 Å². The van der Waals surface area contributed by atoms with Gasteiger partial charge in [0.05, 0.1) is 5.69 Å². The maximum Gasteiger partial charge on any atom is 0.146 e. The Kier molecular flexibility index (Phi) is 3.44. The molecule has 16 heavy (non-hydrogen) atoms. The zero-order valence-corrected chi connectivity index (χ0v) is 9.70. The largest absolute Gasteiger partial charge is 0.365 e. The van der Waals surface area contributed by atoms with E-state index < -0.39 is 0 Å². The molecular formula is C13H19FN2. The van der Waals surface area contributed by atoms with Crippen LogP contribution in [0.5, 0.6) is 0 Å². The fourth-order valence-corrected chi connectivity index (χ4v) is 2.62. The minimum absolute atomic E-state index is 0.150. The Labute approximate surface area is 96.2 Å². The van der Waals surface area contributed by atoms with Crippen LogP contribution in [0.25, 0.3) is 0 Å². The van der Waals surface area contributed by atoms with Crippen molar-refractivity contribution in [1.82, 2.24) is 0 Å². The van der Waals surface area contributed by atoms with Gasteiger partial charge < -0.3 is 10.6 Å². The highest BCUT2D eigenvalue weighted by atomic mass is 19.1. The summed E-state index contributed by atoms with van der Waals surface area (Å²) >= 11 is 0. The zero-order valence-electron chi connectivity index (χ0n) is 9.70. The maximum atomic E-state index is 13.7. The van der Waals surface area contributed by atoms with Crippen molar-refractivity contribution in [3.8, 4) is 0 Å². The average Bonchev–Trinajstić information content (AvgIpc) is 2.69. The summed E-state index contributed by atoms with van der Waals surface area (Å²) in [6.45, 7) is 2.86. The van der Waals surface area contributed by atoms with Gasteiger partial charge in [-0.25, -0.2) is 4.39 Å². The van der Waals surface area contributed by atoms with E-state index in [9.17, 15) is 4.39 Å². The number of rotatable bonds is 3. The summed E-state index contributed by atoms with van der Waals surface area (Å²) in [6, 6.07) is 7.42. The summed E-state index contributed by atoms with van der Waals surface area (Å²) < 4.78 is 13.7. The highest BCUT2D eigenvalue weighted by Crippen LogP contribution is 2.28. The molecule has 3 heteroatoms. The van der Waals surface area contributed by atoms with Crippen LogP contribution in [-0.2, 0) is 0 Å². The highest BCUT2D eigenvalue weighted by Gasteiger charge is 2.29. The van der Waals surface area contributed by atoms with E-state index in [1.807, 2.05) is 12.1 Å². The quantitative estimate of drug-likeness (QED) is 0.851. The molecule has 1 aromatic rings. The van der Waals surface area contributed by atoms with Gasteiger partial charge in [-0.1, -0.05) is 12.1 Å². The summed E-state index contributed by atoms with van der Waals surface area (Å²) in [5, 5.41) is 0. The summed E-state index contributed by atoms with van der Waals surface area (Å²) in [6.07, 6.45) is 3.27. The topological polar surface area (TPSA) is 29.3 Å². The van der Waals surface area contributed by atoms with E-state index in [0.717, 1.165) is 25.8 Å². The Morgan fingerprint density at radius 2 is 2.12 bits per heavy atom. The Morgan fingerprint density at radius 1 is 1.38 bits per heavy atom. The van der Waals surface area contributed by atoms with Gasteiger partial charge >= 0.3 is 0 Å². The van der Waals surface area contributed by atoms with Crippen molar-refractivity contribution in [2.45, 2.75) is 38.3 Å². The van der Waals surface area contributed by atoms with Gasteiger partial charge in [-0.3, -0.25) is 0 Å². The van der Waals surface area contributed by atoms with E-state index in [-0.39, 0.29) is 11.9 Å². The number of benzene rings is 1. The first kappa shape index (κ1) is 11.4. The molecule has 0 saturated heterocycles. The highest BCUT2D eigenvalue weighted by molar-refractivity contribution is 5.49. The first-order valence-electron chi connectivity index (χ1n) is 6.00. The number of likely N-dealkylation sites (N-methyl/N-ethyl adjacent to an activating group) is 1. The van der Waals surface area contributed by atoms with Crippen LogP contribution in [0.4, 0.5) is 10.1 Å². The molecular weight excluding hydrogens is 203 g/mol. The molecule has 1 aliphatic rings. The monoisotopic (exact) mass is 222 g/mol. The predicted molar refractivity (Wildman–Crippen MR) is 65.0 cm³/mol. The lowest BCUT2D eigenvalue weighted by molar-refractivity contribution is 0.535. The second-order valence-corrected chi connectivity index (χ2v) is 4.40. The number of nitrogens with two attached hydrogens (primary N) is 1. The van der Waals surface area contributed by atoms with Crippen LogP contribution >= 0.6 is 0 Å². The summed E-state index contributed by atoms with van der Waals surface area (Å²) in [5.74, 6) is -0.150. The first-order chi connectivity index (χ1) is 7.74. The van der Waals surface area contributed by atoms with Crippen molar-refractivity contribution in [1.29, 1.82) is 0 Å². The molecule has 1 aromatic carbocycles. The molecule has 2 N–H and O–H groups in total. The van der Waals surface area contributed by atoms with Crippen LogP contribution in [0.3, 0.4) is 0 Å². The van der Waals surface area contributed by atoms with Gasteiger partial charge in [-0.2, -0.15) is 0 Å². The number of hydrogen-bond acceptors (Lipinski definition) is 2. The van der Waals surface area contributed by atoms with Crippen LogP contribution in [-0.4, -0.2) is 18.6 Å². The number of anilines is 1. The van der Waals surface area contributed by atoms with E-state index in [0.29, 0.717) is 11.7 Å². The normalized spacial score (nSPS) is 24.7. The van der Waals surface area contributed by atoms with Crippen LogP contribution < -0.4 is 10.6 Å². The Balaban J connectivity index is 2.25. The first-order valence-corrected chi connectivity index (χ1v) is 6.00. The van der Waals surface area contributed by atoms with Gasteiger partial charge in [0.25, 0.3) is 0 Å². The fraction of sp³-hybridized carbons (Fsp3) is 0.538. The van der Waals surface area contributed by atoms with Crippen molar-refractivity contribution < 1.29 is 4.39 Å². The SMILES string of the molecule is CCN(c1ccccc1F)C1CCCC1N. The Morgan fingerprint density at radius 3 is 2.69 bits per heavy atom. The lowest BCUT2D eigenvalue weighted by Gasteiger charge is -2.32. The molecule has 0 aliphatic heterocycles. The summed E-state index contributed by atoms with van der Waals surface area (Å²) in [7, 11) is 0. The molecule has 2 unspecified atom stereocenters. The van der Waals surface area contributed by atoms with Gasteiger partial charge in [-0.15, -0.1) is 0 Å². The minimum Gasteiger partial charge on any atom is -0.365 e. The van der Waals surface area contributed by atoms with Crippen LogP contribution in [0.15, 0.2) is 24.3 Å². The molecule has 2 rings (SSSR count). The minimum atomic E-state index is -0.150. The van der Waals surface area contributed by atoms with Crippen molar-refractivity contribution in [2.24, 2.45) is 5.73 Å². The lowest BCUT2D eigenvalue weighted by Crippen LogP contribution is -2.44. The molecule has 0 spiro atoms. The molecule has 2 atom stereocenters. The van der Waals surface area contributed by atoms with Crippen molar-refractivity contribution in [3.63, 3.8) is 0 Å². The van der Waals surface area contributed by atoms with Crippen molar-refractivity contribution in [2.75, 3.05) is 11.4 Å². The molecule has 0 amide bonds. The third-order valence-corrected chi connectivity index (χ3v) is 3.43. The molecule has 0 aromatic heterocycles. The summed E-state index contributed by atoms with van der Waals surface area (Å²) in [5.41, 5.74) is 6.77. The summed E-state index contributed by atoms with van der Waals surface area (Å²) in [4.78, 5) is 2.10. The molecule has 1 saturated carbocycles. The number of hydrogen-bond donors (Lipinski definition) is 1. The van der Waals surface area contributed by atoms with Crippen molar-refractivity contribution in [3.05, 3.63) is 30.1 Å². The molecule has 1 aliphatic carbocycles. The van der Waals surface area contributed by atoms with Crippen LogP contribution in [0.1, 0.15) is 26.2 Å². The van der Waals surface area contributed by atoms with Crippen LogP contribution in [0.2, 0.25) is 0 Å². The molecule has 0 heterocycles. The van der Waals surface area contributed by atoms with E-state index in [1.165, 1.54) is 6.07 Å². The van der Waals surface area contributed by atoms with Gasteiger partial charge in [0.1, 0.15) is 5.82 Å². The predicted octanol–water partition coefficient (Wildman–Crippen LogP) is 2.53. The standard InChI is InChI=1S/C13H19FN2/c1-2-16(13-9-5-7-11(13)15)12-8-4-3-6-10(12)14/h3-4,6,8,11,13H,2,5,7,9,15H2,1H3. The lowest BCUT2D eigenvalue weighted by atomic mass is 10.1.